The number of carbonyl (C=O) groups excluding carboxylic acids is 1. The first-order valence-corrected chi connectivity index (χ1v) is 8.43. The minimum atomic E-state index is -0.0511. The molecule has 1 unspecified atom stereocenters. The van der Waals surface area contributed by atoms with E-state index in [-0.39, 0.29) is 12.0 Å². The van der Waals surface area contributed by atoms with E-state index in [1.807, 2.05) is 43.4 Å². The van der Waals surface area contributed by atoms with Crippen molar-refractivity contribution in [3.05, 3.63) is 58.9 Å². The highest BCUT2D eigenvalue weighted by Crippen LogP contribution is 2.39. The first-order chi connectivity index (χ1) is 11.2. The van der Waals surface area contributed by atoms with Crippen LogP contribution >= 0.6 is 0 Å². The minimum Gasteiger partial charge on any atom is -0.471 e. The van der Waals surface area contributed by atoms with Crippen LogP contribution in [0.25, 0.3) is 11.6 Å². The molecule has 23 heavy (non-hydrogen) atoms. The Labute approximate surface area is 136 Å². The molecule has 4 rings (SSSR count). The van der Waals surface area contributed by atoms with Crippen LogP contribution in [0.2, 0.25) is 0 Å². The van der Waals surface area contributed by atoms with E-state index in [0.717, 1.165) is 35.4 Å². The minimum absolute atomic E-state index is 0.00237. The standard InChI is InChI=1S/C20H21NO2/c1-14(21-11-5-2-6-12-21)23-19-10-9-17-16-8-4-3-7-15(16)13-18(17)20(19)22/h3-4,7-10,13-14H,2,5-6,11-12H2,1H3. The van der Waals surface area contributed by atoms with Gasteiger partial charge in [0, 0.05) is 18.7 Å². The van der Waals surface area contributed by atoms with Gasteiger partial charge < -0.3 is 4.74 Å². The van der Waals surface area contributed by atoms with Crippen molar-refractivity contribution in [3.63, 3.8) is 0 Å². The molecule has 1 aliphatic heterocycles. The summed E-state index contributed by atoms with van der Waals surface area (Å²) in [6.45, 7) is 4.15. The van der Waals surface area contributed by atoms with Gasteiger partial charge in [0.25, 0.3) is 0 Å². The van der Waals surface area contributed by atoms with Gasteiger partial charge in [0.2, 0.25) is 5.78 Å². The maximum atomic E-state index is 12.8. The molecule has 1 saturated heterocycles. The van der Waals surface area contributed by atoms with Crippen LogP contribution in [-0.2, 0) is 9.53 Å². The summed E-state index contributed by atoms with van der Waals surface area (Å²) in [5, 5.41) is 0. The summed E-state index contributed by atoms with van der Waals surface area (Å²) in [5.74, 6) is 0.466. The summed E-state index contributed by atoms with van der Waals surface area (Å²) < 4.78 is 6.00. The van der Waals surface area contributed by atoms with E-state index in [1.54, 1.807) is 0 Å². The Morgan fingerprint density at radius 2 is 1.83 bits per heavy atom. The fourth-order valence-electron chi connectivity index (χ4n) is 3.61. The molecular weight excluding hydrogens is 286 g/mol. The van der Waals surface area contributed by atoms with Crippen LogP contribution in [0.3, 0.4) is 0 Å². The van der Waals surface area contributed by atoms with Gasteiger partial charge in [0.05, 0.1) is 0 Å². The molecule has 1 aromatic rings. The number of nitrogens with zero attached hydrogens (tertiary/aromatic N) is 1. The van der Waals surface area contributed by atoms with Crippen molar-refractivity contribution in [2.75, 3.05) is 13.1 Å². The zero-order chi connectivity index (χ0) is 15.8. The Kier molecular flexibility index (Phi) is 3.66. The van der Waals surface area contributed by atoms with E-state index < -0.39 is 0 Å². The smallest absolute Gasteiger partial charge is 0.228 e. The number of likely N-dealkylation sites (tertiary alicyclic amines) is 1. The Balaban J connectivity index is 1.55. The van der Waals surface area contributed by atoms with Crippen LogP contribution in [0.15, 0.2) is 47.7 Å². The molecule has 3 aliphatic rings. The van der Waals surface area contributed by atoms with E-state index in [0.29, 0.717) is 5.76 Å². The lowest BCUT2D eigenvalue weighted by Gasteiger charge is -2.33. The number of carbonyl (C=O) groups is 1. The Morgan fingerprint density at radius 3 is 2.65 bits per heavy atom. The highest BCUT2D eigenvalue weighted by atomic mass is 16.5. The SMILES string of the molecule is CC(OC1=CC=C2C(=Cc3ccccc32)C1=O)N1CCCCC1. The molecule has 0 N–H and O–H groups in total. The summed E-state index contributed by atoms with van der Waals surface area (Å²) in [5.41, 5.74) is 4.02. The van der Waals surface area contributed by atoms with Gasteiger partial charge in [0.1, 0.15) is 6.23 Å². The van der Waals surface area contributed by atoms with Crippen molar-refractivity contribution in [2.45, 2.75) is 32.4 Å². The van der Waals surface area contributed by atoms with Crippen LogP contribution in [0.1, 0.15) is 37.3 Å². The topological polar surface area (TPSA) is 29.5 Å². The first kappa shape index (κ1) is 14.5. The number of Topliss-reactive ketones (excluding diaryl/α,β-unsaturated/α-hetero) is 1. The zero-order valence-electron chi connectivity index (χ0n) is 13.4. The molecule has 3 heteroatoms. The average Bonchev–Trinajstić information content (AvgIpc) is 2.98. The lowest BCUT2D eigenvalue weighted by molar-refractivity contribution is -0.118. The van der Waals surface area contributed by atoms with Crippen LogP contribution in [-0.4, -0.2) is 30.0 Å². The number of benzene rings is 1. The van der Waals surface area contributed by atoms with Crippen molar-refractivity contribution in [1.82, 2.24) is 4.90 Å². The van der Waals surface area contributed by atoms with Gasteiger partial charge >= 0.3 is 0 Å². The molecule has 2 aliphatic carbocycles. The van der Waals surface area contributed by atoms with E-state index >= 15 is 0 Å². The third-order valence-electron chi connectivity index (χ3n) is 4.91. The number of hydrogen-bond acceptors (Lipinski definition) is 3. The fourth-order valence-corrected chi connectivity index (χ4v) is 3.61. The van der Waals surface area contributed by atoms with Crippen LogP contribution < -0.4 is 0 Å². The van der Waals surface area contributed by atoms with Gasteiger partial charge in [-0.25, -0.2) is 0 Å². The maximum absolute atomic E-state index is 12.8. The molecule has 1 fully saturated rings. The number of allylic oxidation sites excluding steroid dienone is 4. The predicted molar refractivity (Wildman–Crippen MR) is 91.5 cm³/mol. The van der Waals surface area contributed by atoms with E-state index in [4.69, 9.17) is 4.74 Å². The second kappa shape index (κ2) is 5.82. The molecule has 0 spiro atoms. The van der Waals surface area contributed by atoms with Crippen LogP contribution in [0, 0.1) is 0 Å². The molecule has 1 heterocycles. The van der Waals surface area contributed by atoms with Crippen molar-refractivity contribution in [1.29, 1.82) is 0 Å². The predicted octanol–water partition coefficient (Wildman–Crippen LogP) is 3.78. The highest BCUT2D eigenvalue weighted by molar-refractivity contribution is 6.25. The van der Waals surface area contributed by atoms with E-state index in [1.165, 1.54) is 19.3 Å². The van der Waals surface area contributed by atoms with Crippen molar-refractivity contribution < 1.29 is 9.53 Å². The number of hydrogen-bond donors (Lipinski definition) is 0. The van der Waals surface area contributed by atoms with Gasteiger partial charge in [-0.2, -0.15) is 0 Å². The number of rotatable bonds is 3. The average molecular weight is 307 g/mol. The van der Waals surface area contributed by atoms with Gasteiger partial charge in [0.15, 0.2) is 5.76 Å². The van der Waals surface area contributed by atoms with E-state index in [9.17, 15) is 4.79 Å². The summed E-state index contributed by atoms with van der Waals surface area (Å²) in [6.07, 6.45) is 9.49. The van der Waals surface area contributed by atoms with Crippen molar-refractivity contribution in [2.24, 2.45) is 0 Å². The lowest BCUT2D eigenvalue weighted by atomic mass is 9.95. The number of ketones is 1. The largest absolute Gasteiger partial charge is 0.471 e. The molecule has 0 saturated carbocycles. The summed E-state index contributed by atoms with van der Waals surface area (Å²) in [4.78, 5) is 15.1. The zero-order valence-corrected chi connectivity index (χ0v) is 13.4. The molecule has 0 aromatic heterocycles. The summed E-state index contributed by atoms with van der Waals surface area (Å²) in [7, 11) is 0. The molecule has 1 aromatic carbocycles. The Morgan fingerprint density at radius 1 is 1.04 bits per heavy atom. The monoisotopic (exact) mass is 307 g/mol. The van der Waals surface area contributed by atoms with Crippen molar-refractivity contribution >= 4 is 17.4 Å². The Bertz CT molecular complexity index is 736. The normalized spacial score (nSPS) is 21.8. The van der Waals surface area contributed by atoms with E-state index in [2.05, 4.69) is 11.0 Å². The van der Waals surface area contributed by atoms with Gasteiger partial charge in [-0.3, -0.25) is 9.69 Å². The molecule has 118 valence electrons. The number of ether oxygens (including phenoxy) is 1. The molecule has 3 nitrogen and oxygen atoms in total. The second-order valence-electron chi connectivity index (χ2n) is 6.40. The quantitative estimate of drug-likeness (QED) is 0.851. The molecule has 0 bridgehead atoms. The second-order valence-corrected chi connectivity index (χ2v) is 6.40. The third-order valence-corrected chi connectivity index (χ3v) is 4.91. The van der Waals surface area contributed by atoms with Gasteiger partial charge in [-0.1, -0.05) is 30.7 Å². The van der Waals surface area contributed by atoms with Crippen molar-refractivity contribution in [3.8, 4) is 0 Å². The maximum Gasteiger partial charge on any atom is 0.228 e. The van der Waals surface area contributed by atoms with Crippen LogP contribution in [0.4, 0.5) is 0 Å². The summed E-state index contributed by atoms with van der Waals surface area (Å²) >= 11 is 0. The molecule has 0 amide bonds. The lowest BCUT2D eigenvalue weighted by Crippen LogP contribution is -2.39. The number of piperidine rings is 1. The molecule has 1 atom stereocenters. The Hall–Kier alpha value is -2.13. The highest BCUT2D eigenvalue weighted by Gasteiger charge is 2.30. The van der Waals surface area contributed by atoms with Crippen LogP contribution in [0.5, 0.6) is 0 Å². The van der Waals surface area contributed by atoms with Gasteiger partial charge in [-0.15, -0.1) is 0 Å². The number of fused-ring (bicyclic) bond motifs is 3. The van der Waals surface area contributed by atoms with Gasteiger partial charge in [-0.05, 0) is 54.7 Å². The first-order valence-electron chi connectivity index (χ1n) is 8.43. The fraction of sp³-hybridized carbons (Fsp3) is 0.350. The molecular formula is C20H21NO2. The third kappa shape index (κ3) is 2.55. The summed E-state index contributed by atoms with van der Waals surface area (Å²) in [6, 6.07) is 8.12. The molecule has 0 radical (unpaired) electrons.